The topological polar surface area (TPSA) is 259 Å². The lowest BCUT2D eigenvalue weighted by molar-refractivity contribution is -0.219. The Hall–Kier alpha value is -6.69. The number of halogens is 8. The Morgan fingerprint density at radius 1 is 0.579 bits per heavy atom. The molecule has 0 aromatic heterocycles. The monoisotopic (exact) mass is 1530 g/mol. The lowest BCUT2D eigenvalue weighted by Gasteiger charge is -2.47. The fourth-order valence-corrected chi connectivity index (χ4v) is 17.5. The molecule has 107 heavy (non-hydrogen) atoms. The Balaban J connectivity index is 1.19. The van der Waals surface area contributed by atoms with Crippen molar-refractivity contribution in [3.63, 3.8) is 0 Å². The summed E-state index contributed by atoms with van der Waals surface area (Å²) in [6, 6.07) is -10.00. The summed E-state index contributed by atoms with van der Waals surface area (Å²) < 4.78 is 121. The summed E-state index contributed by atoms with van der Waals surface area (Å²) in [7, 11) is 8.59. The van der Waals surface area contributed by atoms with Gasteiger partial charge in [0.05, 0.1) is 25.1 Å². The molecule has 604 valence electrons. The van der Waals surface area contributed by atoms with Gasteiger partial charge in [-0.3, -0.25) is 52.7 Å². The van der Waals surface area contributed by atoms with Crippen molar-refractivity contribution in [2.45, 2.75) is 280 Å². The van der Waals surface area contributed by atoms with E-state index in [2.05, 4.69) is 16.0 Å². The fourth-order valence-electron chi connectivity index (χ4n) is 17.5. The van der Waals surface area contributed by atoms with Crippen LogP contribution in [0.2, 0.25) is 0 Å². The maximum Gasteiger partial charge on any atom is 0.397 e. The Kier molecular flexibility index (Phi) is 29.6. The smallest absolute Gasteiger partial charge is 0.377 e. The molecule has 8 rings (SSSR count). The molecular formula is C76H117F8N11O12. The zero-order chi connectivity index (χ0) is 78.9. The predicted octanol–water partition coefficient (Wildman–Crippen LogP) is 8.06. The number of hydrogen-bond donors (Lipinski definition) is 3. The lowest BCUT2D eigenvalue weighted by Crippen LogP contribution is -2.68. The number of nitrogens with zero attached hydrogens (tertiary/aromatic N) is 8. The summed E-state index contributed by atoms with van der Waals surface area (Å²) in [5.41, 5.74) is -1.62. The van der Waals surface area contributed by atoms with Gasteiger partial charge in [-0.05, 0) is 152 Å². The quantitative estimate of drug-likeness (QED) is 0.104. The highest BCUT2D eigenvalue weighted by atomic mass is 19.4. The molecule has 5 saturated carbocycles. The van der Waals surface area contributed by atoms with Crippen LogP contribution in [-0.4, -0.2) is 264 Å². The second-order valence-electron chi connectivity index (χ2n) is 32.2. The summed E-state index contributed by atoms with van der Waals surface area (Å²) in [4.78, 5) is 177. The van der Waals surface area contributed by atoms with Crippen molar-refractivity contribution in [3.05, 3.63) is 12.2 Å². The van der Waals surface area contributed by atoms with Gasteiger partial charge in [0, 0.05) is 80.9 Å². The van der Waals surface area contributed by atoms with E-state index in [1.807, 2.05) is 20.8 Å². The van der Waals surface area contributed by atoms with E-state index in [1.165, 1.54) is 54.8 Å². The minimum absolute atomic E-state index is 0.0107. The molecule has 2 unspecified atom stereocenters. The number of fused-ring (bicyclic) bond motifs is 3. The maximum absolute atomic E-state index is 15.6. The van der Waals surface area contributed by atoms with Crippen molar-refractivity contribution in [1.29, 1.82) is 0 Å². The summed E-state index contributed by atoms with van der Waals surface area (Å²) in [6.07, 6.45) is -9.54. The van der Waals surface area contributed by atoms with Crippen LogP contribution < -0.4 is 16.0 Å². The Morgan fingerprint density at radius 3 is 1.73 bits per heavy atom. The minimum atomic E-state index is -5.20. The molecule has 2 saturated heterocycles. The van der Waals surface area contributed by atoms with Crippen molar-refractivity contribution in [1.82, 2.24) is 55.1 Å². The van der Waals surface area contributed by atoms with Crippen LogP contribution in [0.25, 0.3) is 0 Å². The van der Waals surface area contributed by atoms with E-state index in [0.29, 0.717) is 38.5 Å². The van der Waals surface area contributed by atoms with Gasteiger partial charge < -0.3 is 59.9 Å². The van der Waals surface area contributed by atoms with E-state index in [1.54, 1.807) is 33.0 Å². The molecule has 2 bridgehead atoms. The van der Waals surface area contributed by atoms with E-state index in [4.69, 9.17) is 4.74 Å². The molecule has 31 heteroatoms. The molecule has 12 atom stereocenters. The molecule has 11 amide bonds. The average Bonchev–Trinajstić information content (AvgIpc) is 1.43. The fraction of sp³-hybridized carbons (Fsp3) is 0.829. The van der Waals surface area contributed by atoms with E-state index >= 15 is 42.3 Å². The average molecular weight is 1530 g/mol. The third-order valence-corrected chi connectivity index (χ3v) is 25.1. The molecule has 1 spiro atoms. The van der Waals surface area contributed by atoms with Crippen molar-refractivity contribution < 1.29 is 92.6 Å². The van der Waals surface area contributed by atoms with Gasteiger partial charge in [-0.15, -0.1) is 0 Å². The van der Waals surface area contributed by atoms with Gasteiger partial charge in [-0.1, -0.05) is 78.4 Å². The molecule has 3 heterocycles. The highest BCUT2D eigenvalue weighted by Gasteiger charge is 2.56. The molecule has 0 aromatic rings. The third kappa shape index (κ3) is 20.7. The van der Waals surface area contributed by atoms with Gasteiger partial charge >= 0.3 is 12.4 Å². The van der Waals surface area contributed by atoms with Crippen LogP contribution in [0.15, 0.2) is 12.2 Å². The normalized spacial score (nSPS) is 32.8. The van der Waals surface area contributed by atoms with Crippen LogP contribution in [0.3, 0.4) is 0 Å². The standard InChI is InChI=1S/C76H117F8N11O12/c1-12-44(5)64-71(104)89(7)43-62(98)90(8)55-23-17-16-18-34-94(70(55)103)59(38-46-26-29-50(30-27-46)75(79,80)81)69(102)88(6)42-60(96)85-54(31-28-47-35-52(77)63(53(78)36-47)76(82,83)84)68(101)95-41-51(107-15-4)39-58(95)67(100)87-74(32-20-33-74)73(106)93(11)65(48(13-2)14-3)72(105)92(10)56(49-21-19-22-49)40-61(97)91(9)57(66(99)86-64)37-45-24-25-45/h16-17,44-59,63-65H,12-15,18-43H2,1-11H3,(H,85,96)(H,86,99)(H,87,100)/b17-16-/t44-,46?,47?,50?,51+,52?,53?,54-,55-,56-,57-,58-,59-,63?,64-,65-/m0/s1. The van der Waals surface area contributed by atoms with Gasteiger partial charge in [0.15, 0.2) is 0 Å². The highest BCUT2D eigenvalue weighted by Crippen LogP contribution is 2.46. The summed E-state index contributed by atoms with van der Waals surface area (Å²) in [5, 5.41) is 8.58. The minimum Gasteiger partial charge on any atom is -0.377 e. The maximum atomic E-state index is 15.6. The first-order chi connectivity index (χ1) is 50.4. The molecule has 0 radical (unpaired) electrons. The van der Waals surface area contributed by atoms with Gasteiger partial charge in [0.2, 0.25) is 65.0 Å². The van der Waals surface area contributed by atoms with Gasteiger partial charge in [0.25, 0.3) is 0 Å². The molecule has 7 fully saturated rings. The van der Waals surface area contributed by atoms with Crippen molar-refractivity contribution in [3.8, 4) is 0 Å². The lowest BCUT2D eigenvalue weighted by atomic mass is 9.74. The number of hydrogen-bond acceptors (Lipinski definition) is 12. The van der Waals surface area contributed by atoms with E-state index < -0.39 is 218 Å². The predicted molar refractivity (Wildman–Crippen MR) is 380 cm³/mol. The number of carbonyl (C=O) groups excluding carboxylic acids is 11. The van der Waals surface area contributed by atoms with Crippen molar-refractivity contribution in [2.24, 2.45) is 47.3 Å². The number of amides is 11. The molecule has 3 N–H and O–H groups in total. The second kappa shape index (κ2) is 36.9. The van der Waals surface area contributed by atoms with Crippen molar-refractivity contribution in [2.75, 3.05) is 75.1 Å². The zero-order valence-corrected chi connectivity index (χ0v) is 64.3. The Labute approximate surface area is 624 Å². The Morgan fingerprint density at radius 2 is 1.19 bits per heavy atom. The Bertz CT molecular complexity index is 3170. The number of alkyl halides is 8. The summed E-state index contributed by atoms with van der Waals surface area (Å²) >= 11 is 0. The number of carbonyl (C=O) groups is 11. The number of rotatable bonds is 15. The van der Waals surface area contributed by atoms with Crippen LogP contribution in [0.1, 0.15) is 195 Å². The van der Waals surface area contributed by atoms with Gasteiger partial charge in [-0.2, -0.15) is 26.3 Å². The molecule has 0 aromatic carbocycles. The van der Waals surface area contributed by atoms with Crippen LogP contribution >= 0.6 is 0 Å². The number of ether oxygens (including phenoxy) is 1. The third-order valence-electron chi connectivity index (χ3n) is 25.1. The molecule has 5 aliphatic carbocycles. The zero-order valence-electron chi connectivity index (χ0n) is 64.3. The SMILES string of the molecule is CCO[C@@H]1C[C@H]2C(=O)NC3(CCC3)C(=O)N(C)[C@@H](C(CC)CC)C(=O)N(C)[C@H](C3CCC3)CC(=O)N(C)[C@@H](CC3CC3)C(=O)N[C@@H]([C@@H](C)CC)C(=O)N(C)CC(=O)N(C)[C@H]3C/C=C\CCN(C3=O)[C@@H](CC3CCC(C(F)(F)F)CC3)C(=O)N(C)CC(=O)N[C@@H](CCC3CC(F)C(C(F)(F)F)C(F)C3)C(=O)N2C1. The van der Waals surface area contributed by atoms with E-state index in [9.17, 15) is 45.5 Å². The van der Waals surface area contributed by atoms with E-state index in [0.717, 1.165) is 38.9 Å². The van der Waals surface area contributed by atoms with E-state index in [-0.39, 0.29) is 115 Å². The molecule has 8 aliphatic rings. The van der Waals surface area contributed by atoms with Crippen LogP contribution in [0, 0.1) is 47.3 Å². The summed E-state index contributed by atoms with van der Waals surface area (Å²) in [6.45, 7) is 7.29. The first-order valence-electron chi connectivity index (χ1n) is 39.2. The van der Waals surface area contributed by atoms with Crippen molar-refractivity contribution >= 4 is 65.0 Å². The van der Waals surface area contributed by atoms with Crippen LogP contribution in [-0.2, 0) is 57.5 Å². The highest BCUT2D eigenvalue weighted by molar-refractivity contribution is 6.00. The number of likely N-dealkylation sites (N-methyl/N-ethyl adjacent to an activating group) is 6. The first kappa shape index (κ1) is 85.9. The molecule has 3 aliphatic heterocycles. The summed E-state index contributed by atoms with van der Waals surface area (Å²) in [5.74, 6) is -14.9. The van der Waals surface area contributed by atoms with Crippen LogP contribution in [0.4, 0.5) is 35.1 Å². The largest absolute Gasteiger partial charge is 0.397 e. The number of nitrogens with one attached hydrogen (secondary N) is 3. The van der Waals surface area contributed by atoms with Crippen LogP contribution in [0.5, 0.6) is 0 Å². The second-order valence-corrected chi connectivity index (χ2v) is 32.2. The van der Waals surface area contributed by atoms with Gasteiger partial charge in [0.1, 0.15) is 66.1 Å². The van der Waals surface area contributed by atoms with Gasteiger partial charge in [-0.25, -0.2) is 8.78 Å². The molecule has 23 nitrogen and oxygen atoms in total. The molecular weight excluding hydrogens is 1410 g/mol. The first-order valence-corrected chi connectivity index (χ1v) is 39.2.